The zero-order chi connectivity index (χ0) is 11.0. The highest BCUT2D eigenvalue weighted by atomic mass is 16.5. The van der Waals surface area contributed by atoms with Crippen molar-refractivity contribution in [2.24, 2.45) is 0 Å². The summed E-state index contributed by atoms with van der Waals surface area (Å²) in [5.74, 6) is 0.617. The molecular weight excluding hydrogens is 196 g/mol. The molecular formula is C11H11O4+. The van der Waals surface area contributed by atoms with E-state index < -0.39 is 0 Å². The Balaban J connectivity index is 2.87. The predicted octanol–water partition coefficient (Wildman–Crippen LogP) is -0.184. The van der Waals surface area contributed by atoms with Gasteiger partial charge in [0.05, 0.1) is 25.0 Å². The van der Waals surface area contributed by atoms with E-state index in [1.165, 1.54) is 7.11 Å². The molecule has 0 spiro atoms. The number of hydrogen-bond donors (Lipinski definition) is 2. The molecule has 4 heteroatoms. The maximum Gasteiger partial charge on any atom is 0.406 e. The van der Waals surface area contributed by atoms with Gasteiger partial charge in [0.25, 0.3) is 5.75 Å². The zero-order valence-electron chi connectivity index (χ0n) is 8.28. The van der Waals surface area contributed by atoms with Crippen LogP contribution in [0.4, 0.5) is 0 Å². The summed E-state index contributed by atoms with van der Waals surface area (Å²) in [5, 5.41) is 19.5. The van der Waals surface area contributed by atoms with Crippen LogP contribution in [-0.2, 0) is 6.61 Å². The molecule has 0 unspecified atom stereocenters. The van der Waals surface area contributed by atoms with Gasteiger partial charge in [-0.3, -0.25) is 0 Å². The summed E-state index contributed by atoms with van der Waals surface area (Å²) in [6.45, 7) is 3.40. The molecule has 0 saturated carbocycles. The fraction of sp³-hybridized carbons (Fsp3) is 0.182. The van der Waals surface area contributed by atoms with Gasteiger partial charge in [0, 0.05) is 12.1 Å². The van der Waals surface area contributed by atoms with E-state index in [-0.39, 0.29) is 18.1 Å². The topological polar surface area (TPSA) is 61.0 Å². The number of aromatic hydroxyl groups is 1. The normalized spacial score (nSPS) is 13.1. The van der Waals surface area contributed by atoms with Gasteiger partial charge < -0.3 is 14.9 Å². The predicted molar refractivity (Wildman–Crippen MR) is 55.7 cm³/mol. The van der Waals surface area contributed by atoms with E-state index in [0.717, 1.165) is 5.22 Å². The summed E-state index contributed by atoms with van der Waals surface area (Å²) in [7, 11) is 1.43. The van der Waals surface area contributed by atoms with Gasteiger partial charge in [-0.2, -0.15) is 0 Å². The highest BCUT2D eigenvalue weighted by Crippen LogP contribution is 2.25. The Morgan fingerprint density at radius 2 is 2.27 bits per heavy atom. The number of aliphatic hydroxyl groups excluding tert-OH is 1. The third-order valence-electron chi connectivity index (χ3n) is 2.24. The number of ether oxygens (including phenoxy) is 1. The first-order chi connectivity index (χ1) is 7.17. The molecule has 0 amide bonds. The maximum absolute atomic E-state index is 9.73. The number of hydrogen-bond acceptors (Lipinski definition) is 3. The molecule has 0 atom stereocenters. The van der Waals surface area contributed by atoms with Gasteiger partial charge in [0.1, 0.15) is 0 Å². The molecule has 0 bridgehead atoms. The van der Waals surface area contributed by atoms with Crippen LogP contribution in [0.1, 0.15) is 5.56 Å². The van der Waals surface area contributed by atoms with Crippen LogP contribution < -0.4 is 15.4 Å². The Morgan fingerprint density at radius 1 is 1.53 bits per heavy atom. The van der Waals surface area contributed by atoms with Crippen molar-refractivity contribution in [3.05, 3.63) is 39.0 Å². The second-order valence-electron chi connectivity index (χ2n) is 3.21. The number of methoxy groups -OCH3 is 1. The number of allylic oxidation sites excluding steroid dienone is 1. The average Bonchev–Trinajstić information content (AvgIpc) is 2.57. The van der Waals surface area contributed by atoms with Crippen LogP contribution in [0.15, 0.2) is 22.8 Å². The van der Waals surface area contributed by atoms with Gasteiger partial charge in [-0.1, -0.05) is 0 Å². The minimum absolute atomic E-state index is 0.0955. The lowest BCUT2D eigenvalue weighted by molar-refractivity contribution is 0.272. The van der Waals surface area contributed by atoms with Crippen molar-refractivity contribution in [3.8, 4) is 11.5 Å². The van der Waals surface area contributed by atoms with Crippen molar-refractivity contribution in [2.45, 2.75) is 6.61 Å². The fourth-order valence-corrected chi connectivity index (χ4v) is 1.56. The highest BCUT2D eigenvalue weighted by molar-refractivity contribution is 5.58. The van der Waals surface area contributed by atoms with Crippen LogP contribution in [0, 0.1) is 0 Å². The van der Waals surface area contributed by atoms with E-state index in [0.29, 0.717) is 16.8 Å². The van der Waals surface area contributed by atoms with Gasteiger partial charge in [0.2, 0.25) is 0 Å². The van der Waals surface area contributed by atoms with E-state index in [1.54, 1.807) is 12.1 Å². The lowest BCUT2D eigenvalue weighted by Crippen LogP contribution is -2.24. The molecule has 0 radical (unpaired) electrons. The summed E-state index contributed by atoms with van der Waals surface area (Å²) >= 11 is 0. The molecule has 1 aliphatic heterocycles. The van der Waals surface area contributed by atoms with E-state index >= 15 is 0 Å². The Kier molecular flexibility index (Phi) is 2.21. The average molecular weight is 207 g/mol. The SMILES string of the molecule is C=C1C=c2cc(CO)c(O)c(OC)c2=[O+]1. The molecule has 1 aromatic carbocycles. The Labute approximate surface area is 86.1 Å². The molecule has 78 valence electrons. The molecule has 2 N–H and O–H groups in total. The second-order valence-corrected chi connectivity index (χ2v) is 3.21. The van der Waals surface area contributed by atoms with E-state index in [2.05, 4.69) is 6.58 Å². The lowest BCUT2D eigenvalue weighted by Gasteiger charge is -2.02. The molecule has 2 rings (SSSR count). The lowest BCUT2D eigenvalue weighted by atomic mass is 10.1. The third kappa shape index (κ3) is 1.39. The van der Waals surface area contributed by atoms with Crippen LogP contribution in [0.2, 0.25) is 0 Å². The van der Waals surface area contributed by atoms with Gasteiger partial charge >= 0.3 is 11.2 Å². The third-order valence-corrected chi connectivity index (χ3v) is 2.24. The van der Waals surface area contributed by atoms with E-state index in [9.17, 15) is 5.11 Å². The van der Waals surface area contributed by atoms with Crippen LogP contribution in [0.25, 0.3) is 6.08 Å². The molecule has 0 aromatic heterocycles. The first-order valence-corrected chi connectivity index (χ1v) is 4.42. The number of aliphatic hydroxyl groups is 1. The van der Waals surface area contributed by atoms with Crippen LogP contribution in [0.5, 0.6) is 11.5 Å². The first kappa shape index (κ1) is 9.73. The monoisotopic (exact) mass is 207 g/mol. The Bertz CT molecular complexity index is 543. The summed E-state index contributed by atoms with van der Waals surface area (Å²) < 4.78 is 10.3. The highest BCUT2D eigenvalue weighted by Gasteiger charge is 2.23. The van der Waals surface area contributed by atoms with Crippen molar-refractivity contribution in [3.63, 3.8) is 0 Å². The zero-order valence-corrected chi connectivity index (χ0v) is 8.28. The molecule has 1 aromatic rings. The molecule has 0 fully saturated rings. The molecule has 4 nitrogen and oxygen atoms in total. The summed E-state index contributed by atoms with van der Waals surface area (Å²) in [5.41, 5.74) is 0.845. The van der Waals surface area contributed by atoms with E-state index in [4.69, 9.17) is 14.3 Å². The number of phenols is 1. The largest absolute Gasteiger partial charge is 0.504 e. The van der Waals surface area contributed by atoms with Gasteiger partial charge in [-0.05, 0) is 6.07 Å². The second kappa shape index (κ2) is 3.40. The number of rotatable bonds is 2. The number of benzene rings is 1. The summed E-state index contributed by atoms with van der Waals surface area (Å²) in [6, 6.07) is 1.64. The summed E-state index contributed by atoms with van der Waals surface area (Å²) in [4.78, 5) is 0. The molecule has 0 aliphatic carbocycles. The Hall–Kier alpha value is -1.81. The molecule has 15 heavy (non-hydrogen) atoms. The number of fused-ring (bicyclic) bond motifs is 1. The van der Waals surface area contributed by atoms with Crippen molar-refractivity contribution < 1.29 is 14.9 Å². The minimum atomic E-state index is -0.254. The molecule has 0 saturated heterocycles. The van der Waals surface area contributed by atoms with E-state index in [1.807, 2.05) is 0 Å². The molecule has 1 heterocycles. The summed E-state index contributed by atoms with van der Waals surface area (Å²) in [6.07, 6.45) is 1.72. The quantitative estimate of drug-likeness (QED) is 0.661. The van der Waals surface area contributed by atoms with Crippen LogP contribution >= 0.6 is 0 Å². The Morgan fingerprint density at radius 3 is 2.87 bits per heavy atom. The van der Waals surface area contributed by atoms with Crippen LogP contribution in [0.3, 0.4) is 0 Å². The van der Waals surface area contributed by atoms with Crippen molar-refractivity contribution in [2.75, 3.05) is 7.11 Å². The van der Waals surface area contributed by atoms with Gasteiger partial charge in [0.15, 0.2) is 5.75 Å². The first-order valence-electron chi connectivity index (χ1n) is 4.42. The van der Waals surface area contributed by atoms with Crippen molar-refractivity contribution >= 4 is 6.08 Å². The fourth-order valence-electron chi connectivity index (χ4n) is 1.56. The van der Waals surface area contributed by atoms with Crippen LogP contribution in [-0.4, -0.2) is 17.3 Å². The van der Waals surface area contributed by atoms with Gasteiger partial charge in [-0.15, -0.1) is 0 Å². The standard InChI is InChI=1S/C11H10O4/c1-6-3-7-4-8(5-12)9(13)11(14-2)10(7)15-6/h3-4,12H,1,5H2,2H3/p+1. The smallest absolute Gasteiger partial charge is 0.406 e. The van der Waals surface area contributed by atoms with Gasteiger partial charge in [-0.25, -0.2) is 4.42 Å². The minimum Gasteiger partial charge on any atom is -0.504 e. The van der Waals surface area contributed by atoms with Crippen molar-refractivity contribution in [1.29, 1.82) is 0 Å². The van der Waals surface area contributed by atoms with Crippen molar-refractivity contribution in [1.82, 2.24) is 0 Å². The maximum atomic E-state index is 9.73. The molecule has 1 aliphatic rings.